The van der Waals surface area contributed by atoms with Gasteiger partial charge in [0.2, 0.25) is 5.91 Å². The molecule has 0 saturated carbocycles. The van der Waals surface area contributed by atoms with E-state index in [0.717, 1.165) is 11.1 Å². The maximum atomic E-state index is 12.8. The highest BCUT2D eigenvalue weighted by Crippen LogP contribution is 2.25. The predicted molar refractivity (Wildman–Crippen MR) is 109 cm³/mol. The van der Waals surface area contributed by atoms with Crippen molar-refractivity contribution in [2.24, 2.45) is 0 Å². The van der Waals surface area contributed by atoms with Gasteiger partial charge in [-0.15, -0.1) is 0 Å². The Bertz CT molecular complexity index is 1280. The lowest BCUT2D eigenvalue weighted by Gasteiger charge is -2.11. The van der Waals surface area contributed by atoms with Crippen LogP contribution in [0.1, 0.15) is 23.6 Å². The Morgan fingerprint density at radius 2 is 2.10 bits per heavy atom. The van der Waals surface area contributed by atoms with Crippen molar-refractivity contribution < 1.29 is 13.2 Å². The first kappa shape index (κ1) is 19.3. The lowest BCUT2D eigenvalue weighted by atomic mass is 10.1. The zero-order chi connectivity index (χ0) is 20.8. The second-order valence-corrected chi connectivity index (χ2v) is 9.66. The smallest absolute Gasteiger partial charge is 0.264 e. The number of hydrogen-bond donors (Lipinski definition) is 1. The summed E-state index contributed by atoms with van der Waals surface area (Å²) < 4.78 is 26.2. The number of nitrogens with one attached hydrogen (secondary N) is 1. The number of benzene rings is 1. The van der Waals surface area contributed by atoms with Gasteiger partial charge in [-0.05, 0) is 31.9 Å². The number of aryl methyl sites for hydroxylation is 2. The number of rotatable bonds is 4. The topological polar surface area (TPSA) is 116 Å². The van der Waals surface area contributed by atoms with E-state index in [0.29, 0.717) is 17.8 Å². The van der Waals surface area contributed by atoms with Gasteiger partial charge in [0.05, 0.1) is 23.7 Å². The van der Waals surface area contributed by atoms with Gasteiger partial charge in [-0.2, -0.15) is 5.10 Å². The zero-order valence-electron chi connectivity index (χ0n) is 16.1. The van der Waals surface area contributed by atoms with Crippen LogP contribution in [0.2, 0.25) is 0 Å². The predicted octanol–water partition coefficient (Wildman–Crippen LogP) is 1.21. The van der Waals surface area contributed by atoms with Crippen molar-refractivity contribution in [3.05, 3.63) is 52.2 Å². The quantitative estimate of drug-likeness (QED) is 0.685. The zero-order valence-corrected chi connectivity index (χ0v) is 16.9. The average Bonchev–Trinajstić information content (AvgIpc) is 3.23. The Morgan fingerprint density at radius 3 is 2.79 bits per heavy atom. The average molecular weight is 415 g/mol. The molecule has 1 N–H and O–H groups in total. The van der Waals surface area contributed by atoms with Gasteiger partial charge >= 0.3 is 0 Å². The molecule has 2 aromatic heterocycles. The van der Waals surface area contributed by atoms with E-state index in [9.17, 15) is 18.0 Å². The third-order valence-electron chi connectivity index (χ3n) is 5.10. The summed E-state index contributed by atoms with van der Waals surface area (Å²) in [6, 6.07) is 5.37. The Hall–Kier alpha value is -3.01. The summed E-state index contributed by atoms with van der Waals surface area (Å²) in [5.41, 5.74) is 2.67. The normalized spacial score (nSPS) is 18.2. The van der Waals surface area contributed by atoms with Crippen LogP contribution in [-0.2, 0) is 21.2 Å². The highest BCUT2D eigenvalue weighted by Gasteiger charge is 2.31. The molecule has 29 heavy (non-hydrogen) atoms. The number of carbonyl (C=O) groups is 1. The number of amides is 1. The minimum atomic E-state index is -3.09. The third kappa shape index (κ3) is 3.80. The van der Waals surface area contributed by atoms with Gasteiger partial charge in [0.25, 0.3) is 5.56 Å². The number of sulfone groups is 1. The number of fused-ring (bicyclic) bond motifs is 1. The third-order valence-corrected chi connectivity index (χ3v) is 6.85. The van der Waals surface area contributed by atoms with Crippen LogP contribution in [0.15, 0.2) is 35.5 Å². The molecule has 9 nitrogen and oxygen atoms in total. The van der Waals surface area contributed by atoms with Crippen LogP contribution in [0.25, 0.3) is 11.0 Å². The number of carbonyl (C=O) groups excluding carboxylic acids is 1. The van der Waals surface area contributed by atoms with Crippen molar-refractivity contribution in [3.63, 3.8) is 0 Å². The van der Waals surface area contributed by atoms with Crippen molar-refractivity contribution in [3.8, 4) is 0 Å². The van der Waals surface area contributed by atoms with Crippen molar-refractivity contribution in [2.45, 2.75) is 32.9 Å². The van der Waals surface area contributed by atoms with Crippen LogP contribution in [0.5, 0.6) is 0 Å². The summed E-state index contributed by atoms with van der Waals surface area (Å²) in [6.45, 7) is 3.69. The minimum absolute atomic E-state index is 0.00709. The first-order chi connectivity index (χ1) is 13.7. The van der Waals surface area contributed by atoms with Gasteiger partial charge in [0.1, 0.15) is 18.3 Å². The number of nitrogens with zero attached hydrogens (tertiary/aromatic N) is 4. The molecule has 0 radical (unpaired) electrons. The van der Waals surface area contributed by atoms with E-state index in [-0.39, 0.29) is 35.4 Å². The number of anilines is 1. The maximum absolute atomic E-state index is 12.8. The Labute approximate surface area is 167 Å². The summed E-state index contributed by atoms with van der Waals surface area (Å²) in [6.07, 6.45) is 3.13. The van der Waals surface area contributed by atoms with Gasteiger partial charge in [-0.25, -0.2) is 18.1 Å². The summed E-state index contributed by atoms with van der Waals surface area (Å²) in [4.78, 5) is 29.4. The fourth-order valence-electron chi connectivity index (χ4n) is 3.61. The SMILES string of the molecule is Cc1ccc(NC(=O)Cn2cnc3c(cnn3C3CCS(=O)(=O)C3)c2=O)c(C)c1. The van der Waals surface area contributed by atoms with Crippen molar-refractivity contribution in [1.29, 1.82) is 0 Å². The molecule has 0 bridgehead atoms. The highest BCUT2D eigenvalue weighted by atomic mass is 32.2. The monoisotopic (exact) mass is 415 g/mol. The van der Waals surface area contributed by atoms with Gasteiger partial charge in [0.15, 0.2) is 15.5 Å². The molecule has 1 aliphatic heterocycles. The molecule has 10 heteroatoms. The second-order valence-electron chi connectivity index (χ2n) is 7.43. The van der Waals surface area contributed by atoms with Gasteiger partial charge in [-0.3, -0.25) is 14.2 Å². The molecule has 152 valence electrons. The van der Waals surface area contributed by atoms with Gasteiger partial charge in [-0.1, -0.05) is 17.7 Å². The molecule has 1 saturated heterocycles. The molecule has 1 atom stereocenters. The van der Waals surface area contributed by atoms with Gasteiger partial charge < -0.3 is 5.32 Å². The standard InChI is InChI=1S/C19H21N5O4S/c1-12-3-4-16(13(2)7-12)22-17(25)9-23-11-20-18-15(19(23)26)8-21-24(18)14-5-6-29(27,28)10-14/h3-4,7-8,11,14H,5-6,9-10H2,1-2H3,(H,22,25). The van der Waals surface area contributed by atoms with Crippen molar-refractivity contribution in [2.75, 3.05) is 16.8 Å². The molecule has 0 aliphatic carbocycles. The molecule has 4 rings (SSSR count). The fourth-order valence-corrected chi connectivity index (χ4v) is 5.31. The molecule has 1 unspecified atom stereocenters. The molecule has 1 aromatic carbocycles. The summed E-state index contributed by atoms with van der Waals surface area (Å²) >= 11 is 0. The van der Waals surface area contributed by atoms with Crippen molar-refractivity contribution >= 4 is 32.5 Å². The van der Waals surface area contributed by atoms with E-state index in [1.165, 1.54) is 21.8 Å². The minimum Gasteiger partial charge on any atom is -0.324 e. The van der Waals surface area contributed by atoms with Crippen LogP contribution in [-0.4, -0.2) is 45.2 Å². The Balaban J connectivity index is 1.57. The van der Waals surface area contributed by atoms with Crippen LogP contribution < -0.4 is 10.9 Å². The molecule has 1 amide bonds. The molecule has 3 aromatic rings. The summed E-state index contributed by atoms with van der Waals surface area (Å²) in [7, 11) is -3.09. The van der Waals surface area contributed by atoms with E-state index < -0.39 is 15.4 Å². The van der Waals surface area contributed by atoms with E-state index in [4.69, 9.17) is 0 Å². The first-order valence-corrected chi connectivity index (χ1v) is 11.1. The Morgan fingerprint density at radius 1 is 1.31 bits per heavy atom. The van der Waals surface area contributed by atoms with E-state index in [1.807, 2.05) is 32.0 Å². The fraction of sp³-hybridized carbons (Fsp3) is 0.368. The molecule has 1 aliphatic rings. The first-order valence-electron chi connectivity index (χ1n) is 9.24. The highest BCUT2D eigenvalue weighted by molar-refractivity contribution is 7.91. The summed E-state index contributed by atoms with van der Waals surface area (Å²) in [5.74, 6) is -0.240. The van der Waals surface area contributed by atoms with Crippen molar-refractivity contribution in [1.82, 2.24) is 19.3 Å². The van der Waals surface area contributed by atoms with Crippen LogP contribution in [0.3, 0.4) is 0 Å². The number of hydrogen-bond acceptors (Lipinski definition) is 6. The maximum Gasteiger partial charge on any atom is 0.264 e. The molecule has 0 spiro atoms. The molecule has 3 heterocycles. The lowest BCUT2D eigenvalue weighted by Crippen LogP contribution is -2.28. The second kappa shape index (κ2) is 7.11. The summed E-state index contributed by atoms with van der Waals surface area (Å²) in [5, 5.41) is 7.25. The number of aromatic nitrogens is 4. The molecular weight excluding hydrogens is 394 g/mol. The van der Waals surface area contributed by atoms with E-state index in [1.54, 1.807) is 0 Å². The molecule has 1 fully saturated rings. The van der Waals surface area contributed by atoms with Gasteiger partial charge in [0, 0.05) is 5.69 Å². The molecular formula is C19H21N5O4S. The van der Waals surface area contributed by atoms with Crippen LogP contribution in [0.4, 0.5) is 5.69 Å². The Kier molecular flexibility index (Phi) is 4.73. The van der Waals surface area contributed by atoms with E-state index in [2.05, 4.69) is 15.4 Å². The largest absolute Gasteiger partial charge is 0.324 e. The van der Waals surface area contributed by atoms with Crippen LogP contribution >= 0.6 is 0 Å². The lowest BCUT2D eigenvalue weighted by molar-refractivity contribution is -0.116. The van der Waals surface area contributed by atoms with Crippen LogP contribution in [0, 0.1) is 13.8 Å². The van der Waals surface area contributed by atoms with E-state index >= 15 is 0 Å².